The Labute approximate surface area is 178 Å². The Morgan fingerprint density at radius 2 is 1.83 bits per heavy atom. The van der Waals surface area contributed by atoms with Crippen LogP contribution in [0.3, 0.4) is 0 Å². The minimum absolute atomic E-state index is 0.0358. The number of nitrogens with zero attached hydrogens (tertiary/aromatic N) is 1. The second-order valence-corrected chi connectivity index (χ2v) is 8.04. The van der Waals surface area contributed by atoms with E-state index in [1.807, 2.05) is 48.5 Å². The highest BCUT2D eigenvalue weighted by Crippen LogP contribution is 2.31. The minimum Gasteiger partial charge on any atom is -0.495 e. The largest absolute Gasteiger partial charge is 0.495 e. The first-order valence-corrected chi connectivity index (χ1v) is 10.6. The minimum atomic E-state index is -0.507. The van der Waals surface area contributed by atoms with Crippen molar-refractivity contribution in [2.45, 2.75) is 39.3 Å². The molecular formula is C25H31NO4. The van der Waals surface area contributed by atoms with Gasteiger partial charge in [0, 0.05) is 6.61 Å². The molecule has 5 heteroatoms. The van der Waals surface area contributed by atoms with Crippen LogP contribution < -0.4 is 0 Å². The summed E-state index contributed by atoms with van der Waals surface area (Å²) in [5, 5.41) is 10.6. The highest BCUT2D eigenvalue weighted by molar-refractivity contribution is 5.72. The maximum atomic E-state index is 12.2. The van der Waals surface area contributed by atoms with Crippen LogP contribution >= 0.6 is 0 Å². The molecule has 1 N–H and O–H groups in total. The number of hydrogen-bond acceptors (Lipinski definition) is 4. The molecule has 0 spiro atoms. The van der Waals surface area contributed by atoms with Crippen LogP contribution in [0.15, 0.2) is 72.6 Å². The van der Waals surface area contributed by atoms with Crippen LogP contribution in [0.1, 0.15) is 43.9 Å². The van der Waals surface area contributed by atoms with Crippen molar-refractivity contribution in [2.24, 2.45) is 11.8 Å². The maximum absolute atomic E-state index is 12.2. The summed E-state index contributed by atoms with van der Waals surface area (Å²) in [6, 6.07) is 19.5. The summed E-state index contributed by atoms with van der Waals surface area (Å²) < 4.78 is 11.0. The summed E-state index contributed by atoms with van der Waals surface area (Å²) in [6.07, 6.45) is 3.10. The Kier molecular flexibility index (Phi) is 7.91. The highest BCUT2D eigenvalue weighted by Gasteiger charge is 2.36. The van der Waals surface area contributed by atoms with Crippen molar-refractivity contribution in [2.75, 3.05) is 13.2 Å². The molecule has 1 heterocycles. The number of carbonyl (C=O) groups is 1. The Hall–Kier alpha value is -2.79. The molecule has 5 nitrogen and oxygen atoms in total. The summed E-state index contributed by atoms with van der Waals surface area (Å²) in [7, 11) is 0. The third kappa shape index (κ3) is 6.10. The van der Waals surface area contributed by atoms with Crippen molar-refractivity contribution in [3.05, 3.63) is 83.7 Å². The number of benzene rings is 2. The lowest BCUT2D eigenvalue weighted by molar-refractivity contribution is 0.107. The predicted molar refractivity (Wildman–Crippen MR) is 117 cm³/mol. The predicted octanol–water partition coefficient (Wildman–Crippen LogP) is 5.85. The highest BCUT2D eigenvalue weighted by atomic mass is 16.6. The molecule has 0 aromatic heterocycles. The van der Waals surface area contributed by atoms with Gasteiger partial charge < -0.3 is 14.6 Å². The van der Waals surface area contributed by atoms with Gasteiger partial charge in [-0.25, -0.2) is 9.69 Å². The lowest BCUT2D eigenvalue weighted by Crippen LogP contribution is -2.27. The molecule has 1 aliphatic heterocycles. The van der Waals surface area contributed by atoms with E-state index in [1.165, 1.54) is 10.5 Å². The molecule has 160 valence electrons. The number of ether oxygens (including phenoxy) is 2. The van der Waals surface area contributed by atoms with E-state index in [-0.39, 0.29) is 24.4 Å². The Balaban J connectivity index is 1.48. The van der Waals surface area contributed by atoms with Crippen LogP contribution in [0.5, 0.6) is 0 Å². The first kappa shape index (κ1) is 21.9. The van der Waals surface area contributed by atoms with Crippen LogP contribution in [0.25, 0.3) is 0 Å². The number of allylic oxidation sites excluding steroid dienone is 1. The molecule has 3 rings (SSSR count). The molecule has 0 unspecified atom stereocenters. The van der Waals surface area contributed by atoms with E-state index < -0.39 is 6.09 Å². The van der Waals surface area contributed by atoms with Crippen molar-refractivity contribution in [3.8, 4) is 0 Å². The van der Waals surface area contributed by atoms with E-state index in [4.69, 9.17) is 9.47 Å². The number of hydrogen-bond donors (Lipinski definition) is 1. The fourth-order valence-electron chi connectivity index (χ4n) is 3.80. The average Bonchev–Trinajstić information content (AvgIpc) is 3.14. The van der Waals surface area contributed by atoms with Gasteiger partial charge in [-0.2, -0.15) is 0 Å². The average molecular weight is 410 g/mol. The van der Waals surface area contributed by atoms with Crippen molar-refractivity contribution < 1.29 is 19.4 Å². The quantitative estimate of drug-likeness (QED) is 0.395. The van der Waals surface area contributed by atoms with Crippen LogP contribution in [-0.4, -0.2) is 29.3 Å². The molecule has 0 radical (unpaired) electrons. The third-order valence-electron chi connectivity index (χ3n) is 5.38. The van der Waals surface area contributed by atoms with Gasteiger partial charge in [0.1, 0.15) is 12.6 Å². The van der Waals surface area contributed by atoms with Crippen LogP contribution in [0.4, 0.5) is 4.79 Å². The zero-order valence-corrected chi connectivity index (χ0v) is 17.7. The van der Waals surface area contributed by atoms with E-state index in [0.717, 1.165) is 18.4 Å². The summed E-state index contributed by atoms with van der Waals surface area (Å²) in [6.45, 7) is 5.81. The number of carbonyl (C=O) groups excluding carboxylic acids is 1. The molecule has 0 aliphatic carbocycles. The second kappa shape index (κ2) is 10.8. The third-order valence-corrected chi connectivity index (χ3v) is 5.38. The van der Waals surface area contributed by atoms with Gasteiger partial charge in [0.15, 0.2) is 5.88 Å². The summed E-state index contributed by atoms with van der Waals surface area (Å²) in [5.74, 6) is 0.528. The van der Waals surface area contributed by atoms with E-state index >= 15 is 0 Å². The van der Waals surface area contributed by atoms with Crippen molar-refractivity contribution in [3.63, 3.8) is 0 Å². The van der Waals surface area contributed by atoms with Gasteiger partial charge in [-0.15, -0.1) is 0 Å². The lowest BCUT2D eigenvalue weighted by Gasteiger charge is -2.22. The first-order valence-electron chi connectivity index (χ1n) is 10.6. The number of rotatable bonds is 10. The molecule has 3 atom stereocenters. The molecule has 1 fully saturated rings. The molecule has 30 heavy (non-hydrogen) atoms. The maximum Gasteiger partial charge on any atom is 0.417 e. The summed E-state index contributed by atoms with van der Waals surface area (Å²) in [5.41, 5.74) is 2.12. The molecule has 1 aliphatic rings. The standard InChI is InChI=1S/C25H31NO4/c1-19(13-14-29-17-21-9-5-3-6-10-21)15-20(2)16-24(27)26-23(18-30-25(26)28)22-11-7-4-8-12-22/h3-12,16,19-20,23,27H,13-15,17-18H2,1-2H3/b24-16-/t19-,20+,23-/m1/s1. The number of aliphatic hydroxyl groups is 1. The lowest BCUT2D eigenvalue weighted by atomic mass is 9.94. The molecule has 1 saturated heterocycles. The Bertz CT molecular complexity index is 822. The van der Waals surface area contributed by atoms with Crippen molar-refractivity contribution in [1.82, 2.24) is 4.90 Å². The van der Waals surface area contributed by atoms with Gasteiger partial charge in [0.05, 0.1) is 6.61 Å². The topological polar surface area (TPSA) is 59.0 Å². The SMILES string of the molecule is C[C@H](CCOCc1ccccc1)C[C@H](C)/C=C(\O)N1C(=O)OC[C@@H]1c1ccccc1. The molecule has 2 aromatic carbocycles. The summed E-state index contributed by atoms with van der Waals surface area (Å²) >= 11 is 0. The van der Waals surface area contributed by atoms with E-state index in [9.17, 15) is 9.90 Å². The Morgan fingerprint density at radius 3 is 2.53 bits per heavy atom. The molecule has 0 bridgehead atoms. The number of cyclic esters (lactones) is 1. The number of amides is 1. The smallest absolute Gasteiger partial charge is 0.417 e. The second-order valence-electron chi connectivity index (χ2n) is 8.04. The van der Waals surface area contributed by atoms with Crippen LogP contribution in [-0.2, 0) is 16.1 Å². The van der Waals surface area contributed by atoms with Crippen LogP contribution in [0, 0.1) is 11.8 Å². The summed E-state index contributed by atoms with van der Waals surface area (Å²) in [4.78, 5) is 13.5. The van der Waals surface area contributed by atoms with E-state index in [2.05, 4.69) is 26.0 Å². The fraction of sp³-hybridized carbons (Fsp3) is 0.400. The van der Waals surface area contributed by atoms with E-state index in [1.54, 1.807) is 6.08 Å². The van der Waals surface area contributed by atoms with Gasteiger partial charge in [0.25, 0.3) is 0 Å². The van der Waals surface area contributed by atoms with Gasteiger partial charge >= 0.3 is 6.09 Å². The molecular weight excluding hydrogens is 378 g/mol. The van der Waals surface area contributed by atoms with E-state index in [0.29, 0.717) is 19.1 Å². The zero-order valence-electron chi connectivity index (χ0n) is 17.7. The van der Waals surface area contributed by atoms with Gasteiger partial charge in [-0.05, 0) is 41.9 Å². The Morgan fingerprint density at radius 1 is 1.17 bits per heavy atom. The monoisotopic (exact) mass is 409 g/mol. The van der Waals surface area contributed by atoms with Gasteiger partial charge in [-0.3, -0.25) is 0 Å². The molecule has 2 aromatic rings. The fourth-order valence-corrected chi connectivity index (χ4v) is 3.80. The number of aliphatic hydroxyl groups excluding tert-OH is 1. The molecule has 1 amide bonds. The molecule has 0 saturated carbocycles. The van der Waals surface area contributed by atoms with Crippen LogP contribution in [0.2, 0.25) is 0 Å². The van der Waals surface area contributed by atoms with Crippen molar-refractivity contribution >= 4 is 6.09 Å². The normalized spacial score (nSPS) is 18.9. The first-order chi connectivity index (χ1) is 14.5. The van der Waals surface area contributed by atoms with Crippen molar-refractivity contribution in [1.29, 1.82) is 0 Å². The zero-order chi connectivity index (χ0) is 21.3. The van der Waals surface area contributed by atoms with Gasteiger partial charge in [-0.1, -0.05) is 74.5 Å². The van der Waals surface area contributed by atoms with Gasteiger partial charge in [0.2, 0.25) is 0 Å².